The Balaban J connectivity index is 1.37. The number of nitrogens with one attached hydrogen (secondary N) is 1. The Hall–Kier alpha value is -3.00. The topological polar surface area (TPSA) is 52.9 Å². The summed E-state index contributed by atoms with van der Waals surface area (Å²) in [5, 5.41) is 7.32. The summed E-state index contributed by atoms with van der Waals surface area (Å²) in [6, 6.07) is 7.20. The van der Waals surface area contributed by atoms with E-state index in [0.717, 1.165) is 50.8 Å². The Morgan fingerprint density at radius 2 is 1.94 bits per heavy atom. The van der Waals surface area contributed by atoms with Crippen LogP contribution in [-0.4, -0.2) is 53.1 Å². The second-order valence-electron chi connectivity index (χ2n) is 8.59. The first-order valence-corrected chi connectivity index (χ1v) is 11.3. The second-order valence-corrected chi connectivity index (χ2v) is 8.59. The minimum atomic E-state index is -0.438. The molecule has 1 atom stereocenters. The van der Waals surface area contributed by atoms with Crippen molar-refractivity contribution < 1.29 is 13.6 Å². The van der Waals surface area contributed by atoms with Gasteiger partial charge in [-0.25, -0.2) is 13.3 Å². The molecule has 5 rings (SSSR count). The van der Waals surface area contributed by atoms with Crippen LogP contribution in [-0.2, 0) is 0 Å². The Labute approximate surface area is 185 Å². The number of carbonyl (C=O) groups is 1. The van der Waals surface area contributed by atoms with Crippen molar-refractivity contribution in [1.29, 1.82) is 0 Å². The molecule has 6 nitrogen and oxygen atoms in total. The molecule has 32 heavy (non-hydrogen) atoms. The highest BCUT2D eigenvalue weighted by Crippen LogP contribution is 2.38. The lowest BCUT2D eigenvalue weighted by molar-refractivity contribution is 0.0951. The number of pyridine rings is 1. The van der Waals surface area contributed by atoms with Crippen LogP contribution in [0.2, 0.25) is 0 Å². The van der Waals surface area contributed by atoms with Crippen LogP contribution in [0, 0.1) is 11.6 Å². The number of carbonyl (C=O) groups excluding carboxylic acids is 1. The van der Waals surface area contributed by atoms with Crippen LogP contribution in [0.4, 0.5) is 14.5 Å². The van der Waals surface area contributed by atoms with Gasteiger partial charge in [0.25, 0.3) is 5.91 Å². The van der Waals surface area contributed by atoms with Gasteiger partial charge in [0.1, 0.15) is 11.6 Å². The fourth-order valence-electron chi connectivity index (χ4n) is 4.92. The van der Waals surface area contributed by atoms with Crippen LogP contribution in [0.3, 0.4) is 0 Å². The maximum Gasteiger partial charge on any atom is 0.255 e. The normalized spacial score (nSPS) is 19.2. The van der Waals surface area contributed by atoms with Crippen LogP contribution in [0.25, 0.3) is 5.52 Å². The third-order valence-corrected chi connectivity index (χ3v) is 6.56. The fraction of sp³-hybridized carbons (Fsp3) is 0.417. The van der Waals surface area contributed by atoms with Crippen molar-refractivity contribution in [3.8, 4) is 0 Å². The minimum Gasteiger partial charge on any atom is -0.364 e. The molecule has 2 saturated heterocycles. The minimum absolute atomic E-state index is 0.148. The molecule has 2 aliphatic rings. The molecular formula is C24H27F2N5O. The van der Waals surface area contributed by atoms with Gasteiger partial charge in [-0.15, -0.1) is 0 Å². The first-order chi connectivity index (χ1) is 15.6. The van der Waals surface area contributed by atoms with Gasteiger partial charge in [-0.05, 0) is 69.1 Å². The largest absolute Gasteiger partial charge is 0.364 e. The average Bonchev–Trinajstić information content (AvgIpc) is 3.55. The average molecular weight is 440 g/mol. The number of fused-ring (bicyclic) bond motifs is 1. The molecule has 0 radical (unpaired) electrons. The molecule has 3 aromatic rings. The van der Waals surface area contributed by atoms with Gasteiger partial charge in [-0.2, -0.15) is 5.10 Å². The zero-order valence-corrected chi connectivity index (χ0v) is 17.9. The summed E-state index contributed by atoms with van der Waals surface area (Å²) in [6.45, 7) is 4.38. The van der Waals surface area contributed by atoms with Crippen LogP contribution >= 0.6 is 0 Å². The lowest BCUT2D eigenvalue weighted by atomic mass is 10.0. The smallest absolute Gasteiger partial charge is 0.255 e. The van der Waals surface area contributed by atoms with Crippen molar-refractivity contribution in [2.45, 2.75) is 31.7 Å². The van der Waals surface area contributed by atoms with Crippen molar-refractivity contribution >= 4 is 17.1 Å². The number of anilines is 1. The van der Waals surface area contributed by atoms with Crippen LogP contribution in [0.5, 0.6) is 0 Å². The number of amides is 1. The summed E-state index contributed by atoms with van der Waals surface area (Å²) in [5.74, 6) is -0.982. The van der Waals surface area contributed by atoms with Gasteiger partial charge in [0.05, 0.1) is 23.3 Å². The maximum absolute atomic E-state index is 14.5. The number of hydrogen-bond donors (Lipinski definition) is 1. The molecule has 2 aromatic heterocycles. The third-order valence-electron chi connectivity index (χ3n) is 6.56. The molecule has 8 heteroatoms. The van der Waals surface area contributed by atoms with Gasteiger partial charge in [0.2, 0.25) is 0 Å². The number of halogens is 2. The van der Waals surface area contributed by atoms with Gasteiger partial charge in [0, 0.05) is 37.1 Å². The van der Waals surface area contributed by atoms with Crippen molar-refractivity contribution in [2.24, 2.45) is 0 Å². The lowest BCUT2D eigenvalue weighted by Crippen LogP contribution is -2.33. The Morgan fingerprint density at radius 1 is 1.09 bits per heavy atom. The molecule has 2 fully saturated rings. The highest BCUT2D eigenvalue weighted by atomic mass is 19.1. The van der Waals surface area contributed by atoms with E-state index >= 15 is 0 Å². The van der Waals surface area contributed by atoms with E-state index < -0.39 is 11.6 Å². The van der Waals surface area contributed by atoms with E-state index in [1.807, 2.05) is 18.3 Å². The molecule has 0 aliphatic carbocycles. The fourth-order valence-corrected chi connectivity index (χ4v) is 4.92. The van der Waals surface area contributed by atoms with E-state index in [1.54, 1.807) is 10.7 Å². The van der Waals surface area contributed by atoms with Gasteiger partial charge < -0.3 is 15.1 Å². The number of rotatable bonds is 6. The predicted octanol–water partition coefficient (Wildman–Crippen LogP) is 3.78. The van der Waals surface area contributed by atoms with Crippen LogP contribution < -0.4 is 10.2 Å². The van der Waals surface area contributed by atoms with Crippen LogP contribution in [0.15, 0.2) is 42.7 Å². The van der Waals surface area contributed by atoms with E-state index in [-0.39, 0.29) is 11.9 Å². The van der Waals surface area contributed by atoms with Crippen molar-refractivity contribution in [2.75, 3.05) is 37.6 Å². The monoisotopic (exact) mass is 439 g/mol. The third kappa shape index (κ3) is 4.07. The Kier molecular flexibility index (Phi) is 5.78. The Bertz CT molecular complexity index is 1120. The van der Waals surface area contributed by atoms with E-state index in [0.29, 0.717) is 23.2 Å². The van der Waals surface area contributed by atoms with Crippen LogP contribution in [0.1, 0.15) is 47.6 Å². The zero-order chi connectivity index (χ0) is 22.1. The van der Waals surface area contributed by atoms with E-state index in [4.69, 9.17) is 0 Å². The van der Waals surface area contributed by atoms with Gasteiger partial charge in [-0.3, -0.25) is 4.79 Å². The summed E-state index contributed by atoms with van der Waals surface area (Å²) >= 11 is 0. The molecule has 2 aliphatic heterocycles. The summed E-state index contributed by atoms with van der Waals surface area (Å²) < 4.78 is 29.9. The molecular weight excluding hydrogens is 412 g/mol. The Morgan fingerprint density at radius 3 is 2.78 bits per heavy atom. The molecule has 1 aromatic carbocycles. The number of likely N-dealkylation sites (tertiary alicyclic amines) is 1. The lowest BCUT2D eigenvalue weighted by Gasteiger charge is -2.27. The van der Waals surface area contributed by atoms with E-state index in [9.17, 15) is 13.6 Å². The zero-order valence-electron chi connectivity index (χ0n) is 17.9. The molecule has 0 unspecified atom stereocenters. The number of benzene rings is 1. The van der Waals surface area contributed by atoms with Crippen molar-refractivity contribution in [3.05, 3.63) is 65.5 Å². The highest BCUT2D eigenvalue weighted by Gasteiger charge is 2.29. The molecule has 4 heterocycles. The standard InChI is InChI=1S/C24H27F2N5O/c25-17-5-6-21(26)19(14-17)22-4-3-11-30(22)18-7-12-31-23(15-18)20(16-28-31)24(32)27-8-13-29-9-1-2-10-29/h5-7,12,14-16,22H,1-4,8-11,13H2,(H,27,32)/t22-/m1/s1. The van der Waals surface area contributed by atoms with Crippen molar-refractivity contribution in [1.82, 2.24) is 19.8 Å². The predicted molar refractivity (Wildman–Crippen MR) is 119 cm³/mol. The first-order valence-electron chi connectivity index (χ1n) is 11.3. The van der Waals surface area contributed by atoms with Crippen molar-refractivity contribution in [3.63, 3.8) is 0 Å². The van der Waals surface area contributed by atoms with Gasteiger partial charge in [-0.1, -0.05) is 0 Å². The molecule has 168 valence electrons. The summed E-state index contributed by atoms with van der Waals surface area (Å²) in [7, 11) is 0. The summed E-state index contributed by atoms with van der Waals surface area (Å²) in [6.07, 6.45) is 7.47. The van der Waals surface area contributed by atoms with Gasteiger partial charge >= 0.3 is 0 Å². The number of hydrogen-bond acceptors (Lipinski definition) is 4. The summed E-state index contributed by atoms with van der Waals surface area (Å²) in [5.41, 5.74) is 2.46. The number of aromatic nitrogens is 2. The highest BCUT2D eigenvalue weighted by molar-refractivity contribution is 6.01. The number of nitrogens with zero attached hydrogens (tertiary/aromatic N) is 4. The van der Waals surface area contributed by atoms with E-state index in [2.05, 4.69) is 20.2 Å². The maximum atomic E-state index is 14.5. The molecule has 1 amide bonds. The van der Waals surface area contributed by atoms with E-state index in [1.165, 1.54) is 25.0 Å². The quantitative estimate of drug-likeness (QED) is 0.635. The van der Waals surface area contributed by atoms with Gasteiger partial charge in [0.15, 0.2) is 0 Å². The second kappa shape index (κ2) is 8.86. The first kappa shape index (κ1) is 20.9. The SMILES string of the molecule is O=C(NCCN1CCCC1)c1cnn2ccc(N3CCC[C@@H]3c3cc(F)ccc3F)cc12. The molecule has 1 N–H and O–H groups in total. The molecule has 0 saturated carbocycles. The molecule has 0 spiro atoms. The summed E-state index contributed by atoms with van der Waals surface area (Å²) in [4.78, 5) is 17.2. The molecule has 0 bridgehead atoms.